The van der Waals surface area contributed by atoms with Gasteiger partial charge in [-0.05, 0) is 12.0 Å². The van der Waals surface area contributed by atoms with Crippen molar-refractivity contribution in [3.63, 3.8) is 0 Å². The molecule has 1 aromatic carbocycles. The van der Waals surface area contributed by atoms with Crippen LogP contribution in [0.1, 0.15) is 18.1 Å². The summed E-state index contributed by atoms with van der Waals surface area (Å²) >= 11 is 6.13. The van der Waals surface area contributed by atoms with Crippen LogP contribution >= 0.6 is 24.0 Å². The van der Waals surface area contributed by atoms with E-state index in [0.29, 0.717) is 4.20 Å². The van der Waals surface area contributed by atoms with E-state index in [1.54, 1.807) is 0 Å². The highest BCUT2D eigenvalue weighted by Crippen LogP contribution is 2.19. The van der Waals surface area contributed by atoms with Gasteiger partial charge in [0, 0.05) is 17.3 Å². The summed E-state index contributed by atoms with van der Waals surface area (Å²) in [7, 11) is 1.35. The van der Waals surface area contributed by atoms with Gasteiger partial charge in [-0.1, -0.05) is 43.4 Å². The van der Waals surface area contributed by atoms with Crippen molar-refractivity contribution in [2.24, 2.45) is 0 Å². The average Bonchev–Trinajstić information content (AvgIpc) is 2.28. The summed E-state index contributed by atoms with van der Waals surface area (Å²) in [5.74, 6) is 0. The minimum atomic E-state index is -0.370. The van der Waals surface area contributed by atoms with Crippen molar-refractivity contribution in [3.05, 3.63) is 35.4 Å². The van der Waals surface area contributed by atoms with Crippen LogP contribution in [-0.2, 0) is 11.2 Å². The van der Waals surface area contributed by atoms with Crippen molar-refractivity contribution in [3.8, 4) is 0 Å². The van der Waals surface area contributed by atoms with E-state index in [9.17, 15) is 4.79 Å². The lowest BCUT2D eigenvalue weighted by Gasteiger charge is -2.06. The SMILES string of the molecule is CCc1ccccc1C(=S)SC(=O)OC. The van der Waals surface area contributed by atoms with Gasteiger partial charge in [0.1, 0.15) is 0 Å². The van der Waals surface area contributed by atoms with E-state index in [1.807, 2.05) is 24.3 Å². The van der Waals surface area contributed by atoms with Crippen LogP contribution in [0, 0.1) is 0 Å². The van der Waals surface area contributed by atoms with Gasteiger partial charge in [-0.15, -0.1) is 0 Å². The van der Waals surface area contributed by atoms with Crippen molar-refractivity contribution in [1.29, 1.82) is 0 Å². The van der Waals surface area contributed by atoms with Gasteiger partial charge in [0.15, 0.2) is 0 Å². The maximum atomic E-state index is 11.0. The molecule has 0 unspecified atom stereocenters. The second-order valence-corrected chi connectivity index (χ2v) is 4.47. The minimum Gasteiger partial charge on any atom is -0.461 e. The topological polar surface area (TPSA) is 26.3 Å². The monoisotopic (exact) mass is 240 g/mol. The first kappa shape index (κ1) is 12.2. The highest BCUT2D eigenvalue weighted by molar-refractivity contribution is 8.33. The van der Waals surface area contributed by atoms with Crippen molar-refractivity contribution >= 4 is 33.5 Å². The van der Waals surface area contributed by atoms with Gasteiger partial charge in [0.05, 0.1) is 11.3 Å². The number of thiocarbonyl (C=S) groups is 1. The molecule has 1 rings (SSSR count). The molecule has 2 nitrogen and oxygen atoms in total. The smallest absolute Gasteiger partial charge is 0.372 e. The number of hydrogen-bond donors (Lipinski definition) is 0. The molecule has 0 atom stereocenters. The molecule has 0 aliphatic carbocycles. The van der Waals surface area contributed by atoms with Crippen LogP contribution < -0.4 is 0 Å². The molecular weight excluding hydrogens is 228 g/mol. The second kappa shape index (κ2) is 5.88. The quantitative estimate of drug-likeness (QED) is 0.584. The van der Waals surface area contributed by atoms with Crippen LogP contribution in [-0.4, -0.2) is 16.6 Å². The summed E-state index contributed by atoms with van der Waals surface area (Å²) in [5, 5.41) is -0.370. The zero-order chi connectivity index (χ0) is 11.3. The molecule has 0 bridgehead atoms. The Labute approximate surface area is 99.0 Å². The Morgan fingerprint density at radius 2 is 2.13 bits per heavy atom. The molecule has 0 heterocycles. The minimum absolute atomic E-state index is 0.370. The number of methoxy groups -OCH3 is 1. The molecule has 15 heavy (non-hydrogen) atoms. The third-order valence-electron chi connectivity index (χ3n) is 1.96. The molecule has 0 fully saturated rings. The zero-order valence-corrected chi connectivity index (χ0v) is 10.3. The van der Waals surface area contributed by atoms with E-state index in [0.717, 1.165) is 29.3 Å². The Morgan fingerprint density at radius 3 is 2.73 bits per heavy atom. The highest BCUT2D eigenvalue weighted by atomic mass is 32.2. The lowest BCUT2D eigenvalue weighted by atomic mass is 10.1. The maximum Gasteiger partial charge on any atom is 0.372 e. The van der Waals surface area contributed by atoms with Gasteiger partial charge in [-0.2, -0.15) is 0 Å². The largest absolute Gasteiger partial charge is 0.461 e. The van der Waals surface area contributed by atoms with Crippen molar-refractivity contribution in [2.45, 2.75) is 13.3 Å². The molecule has 0 aliphatic rings. The van der Waals surface area contributed by atoms with Gasteiger partial charge in [0.2, 0.25) is 0 Å². The van der Waals surface area contributed by atoms with E-state index in [1.165, 1.54) is 7.11 Å². The lowest BCUT2D eigenvalue weighted by Crippen LogP contribution is -2.02. The summed E-state index contributed by atoms with van der Waals surface area (Å²) < 4.78 is 5.12. The lowest BCUT2D eigenvalue weighted by molar-refractivity contribution is 0.200. The molecule has 0 N–H and O–H groups in total. The zero-order valence-electron chi connectivity index (χ0n) is 8.65. The van der Waals surface area contributed by atoms with E-state index >= 15 is 0 Å². The van der Waals surface area contributed by atoms with Crippen LogP contribution in [0.2, 0.25) is 0 Å². The number of rotatable bonds is 2. The van der Waals surface area contributed by atoms with Gasteiger partial charge < -0.3 is 4.74 Å². The molecular formula is C11H12O2S2. The van der Waals surface area contributed by atoms with Crippen molar-refractivity contribution in [1.82, 2.24) is 0 Å². The summed E-state index contributed by atoms with van der Waals surface area (Å²) in [6, 6.07) is 7.82. The number of carbonyl (C=O) groups excluding carboxylic acids is 1. The second-order valence-electron chi connectivity index (χ2n) is 2.85. The number of benzene rings is 1. The van der Waals surface area contributed by atoms with Gasteiger partial charge in [-0.25, -0.2) is 4.79 Å². The summed E-state index contributed by atoms with van der Waals surface area (Å²) in [6.45, 7) is 2.06. The van der Waals surface area contributed by atoms with Crippen molar-refractivity contribution < 1.29 is 9.53 Å². The van der Waals surface area contributed by atoms with Gasteiger partial charge >= 0.3 is 5.30 Å². The molecule has 0 aromatic heterocycles. The van der Waals surface area contributed by atoms with Gasteiger partial charge in [0.25, 0.3) is 0 Å². The van der Waals surface area contributed by atoms with E-state index in [4.69, 9.17) is 12.2 Å². The fourth-order valence-corrected chi connectivity index (χ4v) is 2.15. The summed E-state index contributed by atoms with van der Waals surface area (Å²) in [6.07, 6.45) is 0.901. The normalized spacial score (nSPS) is 9.73. The third-order valence-corrected chi connectivity index (χ3v) is 3.17. The molecule has 0 spiro atoms. The number of carbonyl (C=O) groups is 1. The van der Waals surface area contributed by atoms with Crippen LogP contribution in [0.25, 0.3) is 0 Å². The standard InChI is InChI=1S/C11H12O2S2/c1-3-8-6-4-5-7-9(8)10(14)15-11(12)13-2/h4-7H,3H2,1-2H3. The van der Waals surface area contributed by atoms with Crippen LogP contribution in [0.5, 0.6) is 0 Å². The van der Waals surface area contributed by atoms with Crippen LogP contribution in [0.3, 0.4) is 0 Å². The van der Waals surface area contributed by atoms with Crippen LogP contribution in [0.4, 0.5) is 4.79 Å². The van der Waals surface area contributed by atoms with Gasteiger partial charge in [-0.3, -0.25) is 0 Å². The van der Waals surface area contributed by atoms with Crippen molar-refractivity contribution in [2.75, 3.05) is 7.11 Å². The fourth-order valence-electron chi connectivity index (χ4n) is 1.20. The molecule has 0 amide bonds. The Bertz CT molecular complexity index is 375. The average molecular weight is 240 g/mol. The first-order valence-electron chi connectivity index (χ1n) is 4.57. The van der Waals surface area contributed by atoms with E-state index in [2.05, 4.69) is 11.7 Å². The first-order valence-corrected chi connectivity index (χ1v) is 5.79. The first-order chi connectivity index (χ1) is 7.19. The summed E-state index contributed by atoms with van der Waals surface area (Å²) in [4.78, 5) is 11.0. The Morgan fingerprint density at radius 1 is 1.47 bits per heavy atom. The third kappa shape index (κ3) is 3.32. The number of thioether (sulfide) groups is 1. The predicted molar refractivity (Wildman–Crippen MR) is 67.5 cm³/mol. The molecule has 0 radical (unpaired) electrons. The summed E-state index contributed by atoms with van der Waals surface area (Å²) in [5.41, 5.74) is 2.10. The predicted octanol–water partition coefficient (Wildman–Crippen LogP) is 3.42. The van der Waals surface area contributed by atoms with Crippen LogP contribution in [0.15, 0.2) is 24.3 Å². The van der Waals surface area contributed by atoms with E-state index in [-0.39, 0.29) is 5.30 Å². The maximum absolute atomic E-state index is 11.0. The molecule has 0 saturated carbocycles. The molecule has 0 saturated heterocycles. The number of aryl methyl sites for hydroxylation is 1. The highest BCUT2D eigenvalue weighted by Gasteiger charge is 2.11. The fraction of sp³-hybridized carbons (Fsp3) is 0.273. The molecule has 1 aromatic rings. The molecule has 80 valence electrons. The Kier molecular flexibility index (Phi) is 4.78. The number of ether oxygens (including phenoxy) is 1. The molecule has 0 aliphatic heterocycles. The Hall–Kier alpha value is -0.870. The molecule has 4 heteroatoms. The Balaban J connectivity index is 2.86. The number of hydrogen-bond acceptors (Lipinski definition) is 4. The van der Waals surface area contributed by atoms with E-state index < -0.39 is 0 Å².